The number of rotatable bonds is 7. The Balaban J connectivity index is 2.65. The molecule has 2 nitrogen and oxygen atoms in total. The summed E-state index contributed by atoms with van der Waals surface area (Å²) < 4.78 is 4.91. The first-order valence-corrected chi connectivity index (χ1v) is 4.84. The fraction of sp³-hybridized carbons (Fsp3) is 1.00. The Kier molecular flexibility index (Phi) is 9.52. The average molecular weight is 163 g/mol. The van der Waals surface area contributed by atoms with Gasteiger partial charge in [0.1, 0.15) is 0 Å². The smallest absolute Gasteiger partial charge is 0.0462 e. The van der Waals surface area contributed by atoms with Gasteiger partial charge in [0.25, 0.3) is 0 Å². The van der Waals surface area contributed by atoms with Gasteiger partial charge in [-0.25, -0.2) is 0 Å². The molecule has 0 radical (unpaired) electrons. The fourth-order valence-electron chi connectivity index (χ4n) is 0.636. The van der Waals surface area contributed by atoms with Crippen molar-refractivity contribution in [1.82, 2.24) is 0 Å². The predicted octanol–water partition coefficient (Wildman–Crippen LogP) is 1.10. The van der Waals surface area contributed by atoms with E-state index in [1.165, 1.54) is 18.6 Å². The molecule has 0 atom stereocenters. The van der Waals surface area contributed by atoms with E-state index >= 15 is 0 Å². The molecule has 62 valence electrons. The van der Waals surface area contributed by atoms with Gasteiger partial charge in [-0.15, -0.1) is 0 Å². The lowest BCUT2D eigenvalue weighted by molar-refractivity contribution is 0.194. The first kappa shape index (κ1) is 10.3. The minimum absolute atomic E-state index is 0.801. The molecule has 0 aromatic rings. The van der Waals surface area contributed by atoms with Gasteiger partial charge in [-0.3, -0.25) is 0 Å². The predicted molar refractivity (Wildman–Crippen MR) is 47.5 cm³/mol. The second kappa shape index (κ2) is 9.27. The van der Waals surface area contributed by atoms with Crippen molar-refractivity contribution in [3.05, 3.63) is 0 Å². The maximum Gasteiger partial charge on any atom is 0.0462 e. The Morgan fingerprint density at radius 1 is 1.30 bits per heavy atom. The van der Waals surface area contributed by atoms with Crippen molar-refractivity contribution in [3.8, 4) is 0 Å². The summed E-state index contributed by atoms with van der Waals surface area (Å²) in [5, 5.41) is 0. The van der Waals surface area contributed by atoms with Gasteiger partial charge in [0.2, 0.25) is 0 Å². The highest BCUT2D eigenvalue weighted by Crippen LogP contribution is 2.02. The summed E-state index contributed by atoms with van der Waals surface area (Å²) >= 11 is 1.92. The van der Waals surface area contributed by atoms with E-state index in [2.05, 4.69) is 0 Å². The zero-order chi connectivity index (χ0) is 7.66. The van der Waals surface area contributed by atoms with E-state index in [1.807, 2.05) is 11.8 Å². The summed E-state index contributed by atoms with van der Waals surface area (Å²) in [4.78, 5) is 0. The number of ether oxygens (including phenoxy) is 1. The second-order valence-electron chi connectivity index (χ2n) is 2.10. The first-order valence-electron chi connectivity index (χ1n) is 3.68. The zero-order valence-corrected chi connectivity index (χ0v) is 7.45. The van der Waals surface area contributed by atoms with Crippen molar-refractivity contribution in [3.63, 3.8) is 0 Å². The Hall–Kier alpha value is 0.270. The summed E-state index contributed by atoms with van der Waals surface area (Å²) in [6, 6.07) is 0. The van der Waals surface area contributed by atoms with Gasteiger partial charge in [-0.1, -0.05) is 0 Å². The van der Waals surface area contributed by atoms with Crippen LogP contribution in [-0.4, -0.2) is 31.8 Å². The number of hydrogen-bond acceptors (Lipinski definition) is 3. The van der Waals surface area contributed by atoms with E-state index in [9.17, 15) is 0 Å². The highest BCUT2D eigenvalue weighted by molar-refractivity contribution is 7.99. The summed E-state index contributed by atoms with van der Waals surface area (Å²) in [6.45, 7) is 1.69. The highest BCUT2D eigenvalue weighted by Gasteiger charge is 1.87. The molecule has 0 heterocycles. The van der Waals surface area contributed by atoms with E-state index in [4.69, 9.17) is 10.5 Å². The van der Waals surface area contributed by atoms with Crippen molar-refractivity contribution >= 4 is 11.8 Å². The molecule has 0 saturated carbocycles. The lowest BCUT2D eigenvalue weighted by Gasteiger charge is -1.98. The van der Waals surface area contributed by atoms with Crippen LogP contribution in [-0.2, 0) is 4.74 Å². The number of unbranched alkanes of at least 4 members (excludes halogenated alkanes) is 1. The standard InChI is InChI=1S/C7H17NOS/c1-9-5-2-3-6-10-7-4-8/h2-8H2,1H3. The van der Waals surface area contributed by atoms with Crippen LogP contribution in [0.15, 0.2) is 0 Å². The van der Waals surface area contributed by atoms with Crippen LogP contribution in [0.3, 0.4) is 0 Å². The number of thioether (sulfide) groups is 1. The minimum Gasteiger partial charge on any atom is -0.385 e. The van der Waals surface area contributed by atoms with Crippen LogP contribution in [0.4, 0.5) is 0 Å². The van der Waals surface area contributed by atoms with Gasteiger partial charge in [0.05, 0.1) is 0 Å². The molecule has 0 spiro atoms. The number of nitrogens with two attached hydrogens (primary N) is 1. The molecule has 0 aliphatic heterocycles. The van der Waals surface area contributed by atoms with Gasteiger partial charge >= 0.3 is 0 Å². The van der Waals surface area contributed by atoms with Gasteiger partial charge in [-0.2, -0.15) is 11.8 Å². The van der Waals surface area contributed by atoms with E-state index in [0.717, 1.165) is 18.9 Å². The third kappa shape index (κ3) is 8.27. The van der Waals surface area contributed by atoms with Crippen molar-refractivity contribution in [2.75, 3.05) is 31.8 Å². The number of methoxy groups -OCH3 is 1. The van der Waals surface area contributed by atoms with Crippen LogP contribution in [0.1, 0.15) is 12.8 Å². The van der Waals surface area contributed by atoms with Gasteiger partial charge in [-0.05, 0) is 18.6 Å². The van der Waals surface area contributed by atoms with Gasteiger partial charge in [0.15, 0.2) is 0 Å². The molecule has 0 unspecified atom stereocenters. The van der Waals surface area contributed by atoms with Crippen LogP contribution < -0.4 is 5.73 Å². The topological polar surface area (TPSA) is 35.2 Å². The Morgan fingerprint density at radius 2 is 2.10 bits per heavy atom. The zero-order valence-electron chi connectivity index (χ0n) is 6.64. The Labute approximate surface area is 67.5 Å². The van der Waals surface area contributed by atoms with Crippen molar-refractivity contribution in [2.45, 2.75) is 12.8 Å². The Bertz CT molecular complexity index is 53.6. The minimum atomic E-state index is 0.801. The second-order valence-corrected chi connectivity index (χ2v) is 3.33. The largest absolute Gasteiger partial charge is 0.385 e. The van der Waals surface area contributed by atoms with Crippen molar-refractivity contribution in [2.24, 2.45) is 5.73 Å². The quantitative estimate of drug-likeness (QED) is 0.571. The molecule has 10 heavy (non-hydrogen) atoms. The van der Waals surface area contributed by atoms with Crippen LogP contribution in [0.5, 0.6) is 0 Å². The number of hydrogen-bond donors (Lipinski definition) is 1. The summed E-state index contributed by atoms with van der Waals surface area (Å²) in [7, 11) is 1.74. The van der Waals surface area contributed by atoms with Crippen LogP contribution in [0, 0.1) is 0 Å². The first-order chi connectivity index (χ1) is 4.91. The fourth-order valence-corrected chi connectivity index (χ4v) is 1.41. The van der Waals surface area contributed by atoms with Crippen molar-refractivity contribution in [1.29, 1.82) is 0 Å². The third-order valence-electron chi connectivity index (χ3n) is 1.15. The molecule has 0 rings (SSSR count). The van der Waals surface area contributed by atoms with Crippen LogP contribution in [0.2, 0.25) is 0 Å². The summed E-state index contributed by atoms with van der Waals surface area (Å²) in [6.07, 6.45) is 2.42. The molecule has 0 saturated heterocycles. The molecular formula is C7H17NOS. The summed E-state index contributed by atoms with van der Waals surface area (Å²) in [5.74, 6) is 2.31. The molecule has 0 amide bonds. The normalized spacial score (nSPS) is 10.2. The molecule has 0 fully saturated rings. The maximum absolute atomic E-state index is 5.32. The van der Waals surface area contributed by atoms with E-state index in [-0.39, 0.29) is 0 Å². The molecule has 0 aliphatic carbocycles. The average Bonchev–Trinajstić information content (AvgIpc) is 1.97. The van der Waals surface area contributed by atoms with E-state index < -0.39 is 0 Å². The SMILES string of the molecule is COCCCCSCCN. The van der Waals surface area contributed by atoms with Crippen LogP contribution >= 0.6 is 11.8 Å². The Morgan fingerprint density at radius 3 is 2.70 bits per heavy atom. The highest BCUT2D eigenvalue weighted by atomic mass is 32.2. The van der Waals surface area contributed by atoms with Gasteiger partial charge < -0.3 is 10.5 Å². The monoisotopic (exact) mass is 163 g/mol. The lowest BCUT2D eigenvalue weighted by atomic mass is 10.4. The molecule has 0 aromatic heterocycles. The maximum atomic E-state index is 5.32. The van der Waals surface area contributed by atoms with Gasteiger partial charge in [0, 0.05) is 26.0 Å². The molecule has 0 aliphatic rings. The summed E-state index contributed by atoms with van der Waals surface area (Å²) in [5.41, 5.74) is 5.32. The van der Waals surface area contributed by atoms with E-state index in [1.54, 1.807) is 7.11 Å². The molecule has 2 N–H and O–H groups in total. The molecule has 0 aromatic carbocycles. The molecule has 3 heteroatoms. The molecule has 0 bridgehead atoms. The van der Waals surface area contributed by atoms with Crippen LogP contribution in [0.25, 0.3) is 0 Å². The third-order valence-corrected chi connectivity index (χ3v) is 2.25. The molecular weight excluding hydrogens is 146 g/mol. The van der Waals surface area contributed by atoms with Crippen molar-refractivity contribution < 1.29 is 4.74 Å². The van der Waals surface area contributed by atoms with E-state index in [0.29, 0.717) is 0 Å². The lowest BCUT2D eigenvalue weighted by Crippen LogP contribution is -2.02.